The average Bonchev–Trinajstić information content (AvgIpc) is 3.02. The van der Waals surface area contributed by atoms with Crippen LogP contribution in [0.1, 0.15) is 37.9 Å². The number of benzene rings is 1. The van der Waals surface area contributed by atoms with Crippen LogP contribution in [-0.2, 0) is 6.54 Å². The van der Waals surface area contributed by atoms with E-state index < -0.39 is 0 Å². The van der Waals surface area contributed by atoms with E-state index >= 15 is 0 Å². The van der Waals surface area contributed by atoms with Crippen LogP contribution in [-0.4, -0.2) is 6.54 Å². The zero-order valence-corrected chi connectivity index (χ0v) is 13.5. The summed E-state index contributed by atoms with van der Waals surface area (Å²) in [6, 6.07) is 11.8. The topological polar surface area (TPSA) is 25.2 Å². The molecule has 0 radical (unpaired) electrons. The minimum Gasteiger partial charge on any atom is -0.460 e. The van der Waals surface area contributed by atoms with Gasteiger partial charge in [-0.15, -0.1) is 0 Å². The summed E-state index contributed by atoms with van der Waals surface area (Å²) in [6.07, 6.45) is 8.83. The largest absolute Gasteiger partial charge is 0.460 e. The Balaban J connectivity index is 1.47. The van der Waals surface area contributed by atoms with Crippen molar-refractivity contribution in [1.29, 1.82) is 0 Å². The molecular weight excluding hydrogens is 294 g/mol. The third-order valence-electron chi connectivity index (χ3n) is 4.10. The molecule has 0 fully saturated rings. The van der Waals surface area contributed by atoms with Gasteiger partial charge in [-0.05, 0) is 75.0 Å². The van der Waals surface area contributed by atoms with Crippen molar-refractivity contribution in [3.8, 4) is 11.3 Å². The fraction of sp³-hybridized carbons (Fsp3) is 0.368. The van der Waals surface area contributed by atoms with E-state index in [-0.39, 0.29) is 0 Å². The molecule has 1 aliphatic rings. The fourth-order valence-corrected chi connectivity index (χ4v) is 2.96. The number of nitrogens with one attached hydrogen (secondary N) is 1. The molecule has 0 spiro atoms. The minimum absolute atomic E-state index is 0.745. The minimum atomic E-state index is 0.745. The second-order valence-electron chi connectivity index (χ2n) is 5.81. The maximum absolute atomic E-state index is 5.91. The molecule has 3 rings (SSSR count). The van der Waals surface area contributed by atoms with Crippen molar-refractivity contribution in [2.45, 2.75) is 38.6 Å². The number of halogens is 1. The summed E-state index contributed by atoms with van der Waals surface area (Å²) < 4.78 is 5.88. The second kappa shape index (κ2) is 7.66. The molecule has 0 amide bonds. The lowest BCUT2D eigenvalue weighted by Crippen LogP contribution is -2.15. The van der Waals surface area contributed by atoms with Gasteiger partial charge in [0, 0.05) is 10.6 Å². The summed E-state index contributed by atoms with van der Waals surface area (Å²) in [6.45, 7) is 1.80. The summed E-state index contributed by atoms with van der Waals surface area (Å²) in [5, 5.41) is 4.21. The third kappa shape index (κ3) is 4.25. The molecule has 0 aliphatic heterocycles. The Morgan fingerprint density at radius 2 is 1.91 bits per heavy atom. The molecule has 2 aromatic rings. The standard InChI is InChI=1S/C19H22ClNO/c20-17-8-6-16(7-9-17)19-11-10-18(22-19)14-21-13-12-15-4-2-1-3-5-15/h4,6-11,21H,1-3,5,12-14H2. The molecular formula is C19H22ClNO. The molecule has 3 heteroatoms. The zero-order valence-electron chi connectivity index (χ0n) is 12.8. The van der Waals surface area contributed by atoms with Gasteiger partial charge in [0.2, 0.25) is 0 Å². The highest BCUT2D eigenvalue weighted by atomic mass is 35.5. The van der Waals surface area contributed by atoms with Crippen molar-refractivity contribution in [2.75, 3.05) is 6.54 Å². The molecule has 0 unspecified atom stereocenters. The Bertz CT molecular complexity index is 627. The van der Waals surface area contributed by atoms with Crippen molar-refractivity contribution in [2.24, 2.45) is 0 Å². The summed E-state index contributed by atoms with van der Waals surface area (Å²) in [4.78, 5) is 0. The SMILES string of the molecule is Clc1ccc(-c2ccc(CNCCC3=CCCCC3)o2)cc1. The summed E-state index contributed by atoms with van der Waals surface area (Å²) in [5.74, 6) is 1.87. The second-order valence-corrected chi connectivity index (χ2v) is 6.24. The first-order valence-corrected chi connectivity index (χ1v) is 8.42. The van der Waals surface area contributed by atoms with Crippen molar-refractivity contribution in [1.82, 2.24) is 5.32 Å². The van der Waals surface area contributed by atoms with E-state index in [0.29, 0.717) is 0 Å². The molecule has 1 heterocycles. The van der Waals surface area contributed by atoms with Crippen LogP contribution in [0.15, 0.2) is 52.5 Å². The normalized spacial score (nSPS) is 14.9. The van der Waals surface area contributed by atoms with Gasteiger partial charge in [0.1, 0.15) is 11.5 Å². The molecule has 22 heavy (non-hydrogen) atoms. The lowest BCUT2D eigenvalue weighted by molar-refractivity contribution is 0.493. The predicted molar refractivity (Wildman–Crippen MR) is 92.0 cm³/mol. The number of furan rings is 1. The van der Waals surface area contributed by atoms with Crippen LogP contribution < -0.4 is 5.32 Å². The lowest BCUT2D eigenvalue weighted by Gasteiger charge is -2.12. The maximum Gasteiger partial charge on any atom is 0.134 e. The Kier molecular flexibility index (Phi) is 5.36. The van der Waals surface area contributed by atoms with Crippen molar-refractivity contribution < 1.29 is 4.42 Å². The quantitative estimate of drug-likeness (QED) is 0.556. The zero-order chi connectivity index (χ0) is 15.2. The molecule has 0 atom stereocenters. The van der Waals surface area contributed by atoms with Gasteiger partial charge in [-0.25, -0.2) is 0 Å². The highest BCUT2D eigenvalue weighted by Gasteiger charge is 2.06. The van der Waals surface area contributed by atoms with E-state index in [1.54, 1.807) is 5.57 Å². The number of rotatable bonds is 6. The molecule has 1 N–H and O–H groups in total. The molecule has 0 bridgehead atoms. The van der Waals surface area contributed by atoms with Crippen molar-refractivity contribution in [3.63, 3.8) is 0 Å². The molecule has 1 aromatic heterocycles. The van der Waals surface area contributed by atoms with Crippen LogP contribution in [0.5, 0.6) is 0 Å². The number of hydrogen-bond acceptors (Lipinski definition) is 2. The van der Waals surface area contributed by atoms with Gasteiger partial charge in [-0.3, -0.25) is 0 Å². The summed E-state index contributed by atoms with van der Waals surface area (Å²) in [5.41, 5.74) is 2.67. The van der Waals surface area contributed by atoms with Gasteiger partial charge in [0.15, 0.2) is 0 Å². The van der Waals surface area contributed by atoms with E-state index in [1.165, 1.54) is 25.7 Å². The Hall–Kier alpha value is -1.51. The van der Waals surface area contributed by atoms with E-state index in [2.05, 4.69) is 11.4 Å². The summed E-state index contributed by atoms with van der Waals surface area (Å²) in [7, 11) is 0. The van der Waals surface area contributed by atoms with Gasteiger partial charge >= 0.3 is 0 Å². The smallest absolute Gasteiger partial charge is 0.134 e. The Morgan fingerprint density at radius 3 is 2.68 bits per heavy atom. The highest BCUT2D eigenvalue weighted by molar-refractivity contribution is 6.30. The fourth-order valence-electron chi connectivity index (χ4n) is 2.83. The monoisotopic (exact) mass is 315 g/mol. The highest BCUT2D eigenvalue weighted by Crippen LogP contribution is 2.24. The van der Waals surface area contributed by atoms with Crippen molar-refractivity contribution >= 4 is 11.6 Å². The van der Waals surface area contributed by atoms with E-state index in [4.69, 9.17) is 16.0 Å². The van der Waals surface area contributed by atoms with E-state index in [1.807, 2.05) is 36.4 Å². The number of allylic oxidation sites excluding steroid dienone is 1. The van der Waals surface area contributed by atoms with Crippen LogP contribution in [0.25, 0.3) is 11.3 Å². The predicted octanol–water partition coefficient (Wildman–Crippen LogP) is 5.58. The Labute approximate surface area is 137 Å². The molecule has 0 saturated carbocycles. The van der Waals surface area contributed by atoms with Crippen LogP contribution in [0.4, 0.5) is 0 Å². The number of hydrogen-bond donors (Lipinski definition) is 1. The Morgan fingerprint density at radius 1 is 1.05 bits per heavy atom. The average molecular weight is 316 g/mol. The summed E-state index contributed by atoms with van der Waals surface area (Å²) >= 11 is 5.91. The molecule has 116 valence electrons. The van der Waals surface area contributed by atoms with Gasteiger partial charge < -0.3 is 9.73 Å². The van der Waals surface area contributed by atoms with Gasteiger partial charge in [0.05, 0.1) is 6.54 Å². The molecule has 1 aliphatic carbocycles. The van der Waals surface area contributed by atoms with Gasteiger partial charge in [0.25, 0.3) is 0 Å². The van der Waals surface area contributed by atoms with E-state index in [0.717, 1.165) is 41.6 Å². The lowest BCUT2D eigenvalue weighted by atomic mass is 9.97. The molecule has 2 nitrogen and oxygen atoms in total. The van der Waals surface area contributed by atoms with Crippen LogP contribution in [0.3, 0.4) is 0 Å². The van der Waals surface area contributed by atoms with Gasteiger partial charge in [-0.1, -0.05) is 23.3 Å². The molecule has 1 aromatic carbocycles. The first kappa shape index (κ1) is 15.4. The first-order chi connectivity index (χ1) is 10.8. The first-order valence-electron chi connectivity index (χ1n) is 8.04. The van der Waals surface area contributed by atoms with Crippen LogP contribution >= 0.6 is 11.6 Å². The van der Waals surface area contributed by atoms with Crippen LogP contribution in [0, 0.1) is 0 Å². The van der Waals surface area contributed by atoms with Crippen molar-refractivity contribution in [3.05, 3.63) is 58.8 Å². The van der Waals surface area contributed by atoms with E-state index in [9.17, 15) is 0 Å². The third-order valence-corrected chi connectivity index (χ3v) is 4.35. The maximum atomic E-state index is 5.91. The van der Waals surface area contributed by atoms with Gasteiger partial charge in [-0.2, -0.15) is 0 Å². The molecule has 0 saturated heterocycles. The van der Waals surface area contributed by atoms with Crippen LogP contribution in [0.2, 0.25) is 5.02 Å².